The van der Waals surface area contributed by atoms with Crippen LogP contribution in [0.25, 0.3) is 10.9 Å². The summed E-state index contributed by atoms with van der Waals surface area (Å²) in [5.74, 6) is -0.351. The molecule has 0 radical (unpaired) electrons. The van der Waals surface area contributed by atoms with Crippen LogP contribution in [0.1, 0.15) is 30.9 Å². The van der Waals surface area contributed by atoms with Crippen LogP contribution in [0.15, 0.2) is 36.4 Å². The number of carbonyl (C=O) groups is 1. The van der Waals surface area contributed by atoms with E-state index in [1.54, 1.807) is 0 Å². The molecule has 1 aromatic heterocycles. The number of nitrogens with one attached hydrogen (secondary N) is 4. The fourth-order valence-corrected chi connectivity index (χ4v) is 5.26. The van der Waals surface area contributed by atoms with Crippen molar-refractivity contribution in [3.05, 3.63) is 42.1 Å². The van der Waals surface area contributed by atoms with Crippen LogP contribution in [0.2, 0.25) is 0 Å². The number of likely N-dealkylation sites (N-methyl/N-ethyl adjacent to an activating group) is 1. The lowest BCUT2D eigenvalue weighted by Gasteiger charge is -2.43. The van der Waals surface area contributed by atoms with Crippen molar-refractivity contribution in [3.8, 4) is 0 Å². The molecule has 4 heterocycles. The molecular weight excluding hydrogens is 402 g/mol. The molecule has 0 spiro atoms. The first kappa shape index (κ1) is 21.7. The minimum atomic E-state index is -0.384. The van der Waals surface area contributed by atoms with Crippen molar-refractivity contribution >= 4 is 16.8 Å². The molecule has 1 amide bonds. The number of amides is 1. The first-order valence-electron chi connectivity index (χ1n) is 11.9. The van der Waals surface area contributed by atoms with E-state index in [2.05, 4.69) is 57.3 Å². The van der Waals surface area contributed by atoms with Crippen LogP contribution >= 0.6 is 0 Å². The number of rotatable bonds is 5. The van der Waals surface area contributed by atoms with Gasteiger partial charge >= 0.3 is 0 Å². The third-order valence-corrected chi connectivity index (χ3v) is 7.17. The fourth-order valence-electron chi connectivity index (χ4n) is 5.26. The second-order valence-electron chi connectivity index (χ2n) is 9.57. The van der Waals surface area contributed by atoms with Crippen LogP contribution in [0, 0.1) is 0 Å². The fraction of sp³-hybridized carbons (Fsp3) is 0.583. The number of piperidine rings is 1. The van der Waals surface area contributed by atoms with E-state index in [9.17, 15) is 4.79 Å². The first-order chi connectivity index (χ1) is 15.6. The van der Waals surface area contributed by atoms with Gasteiger partial charge in [-0.3, -0.25) is 25.3 Å². The quantitative estimate of drug-likeness (QED) is 0.546. The van der Waals surface area contributed by atoms with Crippen molar-refractivity contribution in [2.24, 2.45) is 0 Å². The Bertz CT molecular complexity index is 945. The molecule has 3 aliphatic heterocycles. The summed E-state index contributed by atoms with van der Waals surface area (Å²) in [6, 6.07) is 13.0. The number of fused-ring (bicyclic) bond motifs is 1. The summed E-state index contributed by atoms with van der Waals surface area (Å²) in [5.41, 5.74) is 1.73. The van der Waals surface area contributed by atoms with Crippen LogP contribution in [0.3, 0.4) is 0 Å². The smallest absolute Gasteiger partial charge is 0.234 e. The van der Waals surface area contributed by atoms with E-state index in [4.69, 9.17) is 4.98 Å². The zero-order valence-electron chi connectivity index (χ0n) is 19.1. The maximum atomic E-state index is 13.5. The Morgan fingerprint density at radius 1 is 1.16 bits per heavy atom. The van der Waals surface area contributed by atoms with Crippen LogP contribution in [0.4, 0.5) is 0 Å². The van der Waals surface area contributed by atoms with Gasteiger partial charge in [0.05, 0.1) is 17.4 Å². The van der Waals surface area contributed by atoms with E-state index in [1.165, 1.54) is 0 Å². The molecule has 5 atom stereocenters. The molecule has 172 valence electrons. The van der Waals surface area contributed by atoms with Gasteiger partial charge in [0.2, 0.25) is 5.91 Å². The van der Waals surface area contributed by atoms with Gasteiger partial charge in [-0.05, 0) is 52.0 Å². The third kappa shape index (κ3) is 4.51. The van der Waals surface area contributed by atoms with E-state index in [-0.39, 0.29) is 24.3 Å². The van der Waals surface area contributed by atoms with Gasteiger partial charge in [0, 0.05) is 37.1 Å². The molecule has 5 rings (SSSR count). The molecule has 0 saturated carbocycles. The predicted octanol–water partition coefficient (Wildman–Crippen LogP) is 0.625. The van der Waals surface area contributed by atoms with E-state index < -0.39 is 0 Å². The standard InChI is InChI=1S/C24H35N7O/c1-30(2)18-11-13-31(15-18)24-28-22(26-17-7-5-12-25-14-17)21(23(32)29-24)20-10-9-16-6-3-4-8-19(16)27-20/h3-4,6,8-10,17-18,21-22,24-26,28H,5,7,11-15H2,1-2H3,(H,29,32)/t17-,18-,21?,22?,24?/m1/s1. The average Bonchev–Trinajstić information content (AvgIpc) is 3.30. The first-order valence-corrected chi connectivity index (χ1v) is 11.9. The largest absolute Gasteiger partial charge is 0.327 e. The Morgan fingerprint density at radius 2 is 2.03 bits per heavy atom. The molecular formula is C24H35N7O. The molecule has 3 unspecified atom stereocenters. The average molecular weight is 438 g/mol. The summed E-state index contributed by atoms with van der Waals surface area (Å²) in [7, 11) is 4.26. The zero-order chi connectivity index (χ0) is 22.1. The molecule has 2 aromatic rings. The number of pyridine rings is 1. The van der Waals surface area contributed by atoms with Crippen molar-refractivity contribution in [2.45, 2.75) is 49.7 Å². The number of para-hydroxylation sites is 1. The van der Waals surface area contributed by atoms with Gasteiger partial charge in [0.15, 0.2) is 0 Å². The highest BCUT2D eigenvalue weighted by atomic mass is 16.2. The molecule has 3 saturated heterocycles. The van der Waals surface area contributed by atoms with Crippen LogP contribution in [-0.2, 0) is 4.79 Å². The monoisotopic (exact) mass is 437 g/mol. The SMILES string of the molecule is CN(C)[C@@H]1CCN(C2NC(=O)C(c3ccc4ccccc4n3)C(N[C@@H]3CCCNC3)N2)C1. The Kier molecular flexibility index (Phi) is 6.39. The predicted molar refractivity (Wildman–Crippen MR) is 126 cm³/mol. The molecule has 4 N–H and O–H groups in total. The third-order valence-electron chi connectivity index (χ3n) is 7.17. The Morgan fingerprint density at radius 3 is 2.81 bits per heavy atom. The van der Waals surface area contributed by atoms with Gasteiger partial charge in [-0.1, -0.05) is 24.3 Å². The van der Waals surface area contributed by atoms with Crippen molar-refractivity contribution in [2.75, 3.05) is 40.3 Å². The molecule has 3 aliphatic rings. The summed E-state index contributed by atoms with van der Waals surface area (Å²) in [6.45, 7) is 3.91. The zero-order valence-corrected chi connectivity index (χ0v) is 19.1. The van der Waals surface area contributed by atoms with Gasteiger partial charge in [0.1, 0.15) is 12.2 Å². The second kappa shape index (κ2) is 9.41. The molecule has 8 heteroatoms. The number of hydrogen-bond donors (Lipinski definition) is 4. The molecule has 0 bridgehead atoms. The van der Waals surface area contributed by atoms with Crippen LogP contribution in [0.5, 0.6) is 0 Å². The Balaban J connectivity index is 1.40. The van der Waals surface area contributed by atoms with E-state index in [1.807, 2.05) is 24.3 Å². The second-order valence-corrected chi connectivity index (χ2v) is 9.57. The molecule has 0 aliphatic carbocycles. The highest BCUT2D eigenvalue weighted by molar-refractivity contribution is 5.86. The Labute approximate surface area is 190 Å². The number of nitrogens with zero attached hydrogens (tertiary/aromatic N) is 3. The Hall–Kier alpha value is -2.10. The number of carbonyl (C=O) groups excluding carboxylic acids is 1. The van der Waals surface area contributed by atoms with Crippen molar-refractivity contribution in [1.29, 1.82) is 0 Å². The van der Waals surface area contributed by atoms with E-state index >= 15 is 0 Å². The highest BCUT2D eigenvalue weighted by Gasteiger charge is 2.42. The topological polar surface area (TPSA) is 84.6 Å². The molecule has 32 heavy (non-hydrogen) atoms. The van der Waals surface area contributed by atoms with Gasteiger partial charge in [0.25, 0.3) is 0 Å². The summed E-state index contributed by atoms with van der Waals surface area (Å²) >= 11 is 0. The molecule has 1 aromatic carbocycles. The normalized spacial score (nSPS) is 31.8. The lowest BCUT2D eigenvalue weighted by molar-refractivity contribution is -0.129. The lowest BCUT2D eigenvalue weighted by Crippen LogP contribution is -2.70. The number of benzene rings is 1. The molecule has 8 nitrogen and oxygen atoms in total. The van der Waals surface area contributed by atoms with Crippen molar-refractivity contribution < 1.29 is 4.79 Å². The molecule has 3 fully saturated rings. The van der Waals surface area contributed by atoms with Crippen molar-refractivity contribution in [3.63, 3.8) is 0 Å². The number of aromatic nitrogens is 1. The maximum absolute atomic E-state index is 13.5. The minimum Gasteiger partial charge on any atom is -0.327 e. The minimum absolute atomic E-state index is 0.0334. The summed E-state index contributed by atoms with van der Waals surface area (Å²) < 4.78 is 0. The van der Waals surface area contributed by atoms with Gasteiger partial charge in [-0.2, -0.15) is 0 Å². The van der Waals surface area contributed by atoms with E-state index in [0.717, 1.165) is 62.0 Å². The van der Waals surface area contributed by atoms with Crippen molar-refractivity contribution in [1.82, 2.24) is 36.1 Å². The number of hydrogen-bond acceptors (Lipinski definition) is 7. The number of likely N-dealkylation sites (tertiary alicyclic amines) is 1. The van der Waals surface area contributed by atoms with Crippen LogP contribution < -0.4 is 21.3 Å². The van der Waals surface area contributed by atoms with Crippen LogP contribution in [-0.4, -0.2) is 85.5 Å². The lowest BCUT2D eigenvalue weighted by atomic mass is 9.95. The summed E-state index contributed by atoms with van der Waals surface area (Å²) in [6.07, 6.45) is 3.03. The van der Waals surface area contributed by atoms with Gasteiger partial charge < -0.3 is 15.5 Å². The maximum Gasteiger partial charge on any atom is 0.234 e. The van der Waals surface area contributed by atoms with Gasteiger partial charge in [-0.15, -0.1) is 0 Å². The van der Waals surface area contributed by atoms with Gasteiger partial charge in [-0.25, -0.2) is 0 Å². The highest BCUT2D eigenvalue weighted by Crippen LogP contribution is 2.26. The summed E-state index contributed by atoms with van der Waals surface area (Å²) in [5, 5.41) is 15.3. The van der Waals surface area contributed by atoms with E-state index in [0.29, 0.717) is 12.1 Å². The summed E-state index contributed by atoms with van der Waals surface area (Å²) in [4.78, 5) is 23.0.